The number of esters is 1. The summed E-state index contributed by atoms with van der Waals surface area (Å²) in [6.45, 7) is 1.41. The Bertz CT molecular complexity index is 1580. The van der Waals surface area contributed by atoms with Crippen molar-refractivity contribution in [1.29, 1.82) is 0 Å². The molecule has 0 bridgehead atoms. The number of nitrogens with one attached hydrogen (secondary N) is 1. The zero-order valence-electron chi connectivity index (χ0n) is 17.8. The Labute approximate surface area is 187 Å². The average Bonchev–Trinajstić information content (AvgIpc) is 3.39. The molecule has 1 aliphatic rings. The molecule has 0 fully saturated rings. The van der Waals surface area contributed by atoms with E-state index in [0.29, 0.717) is 30.0 Å². The number of ether oxygens (including phenoxy) is 1. The molecule has 0 amide bonds. The number of carbonyl (C=O) groups excluding carboxylic acids is 1. The number of imidazole rings is 2. The van der Waals surface area contributed by atoms with Crippen molar-refractivity contribution in [2.45, 2.75) is 31.9 Å². The Balaban J connectivity index is 1.50. The molecule has 1 aliphatic carbocycles. The van der Waals surface area contributed by atoms with Gasteiger partial charge in [-0.1, -0.05) is 36.4 Å². The van der Waals surface area contributed by atoms with Gasteiger partial charge in [-0.05, 0) is 36.1 Å². The van der Waals surface area contributed by atoms with Crippen molar-refractivity contribution in [3.05, 3.63) is 82.7 Å². The van der Waals surface area contributed by atoms with Crippen molar-refractivity contribution >= 4 is 28.2 Å². The summed E-state index contributed by atoms with van der Waals surface area (Å²) in [5.74, 6) is 0.119. The molecule has 0 spiro atoms. The molecule has 0 aliphatic heterocycles. The lowest BCUT2D eigenvalue weighted by Gasteiger charge is -2.31. The van der Waals surface area contributed by atoms with E-state index in [-0.39, 0.29) is 23.8 Å². The van der Waals surface area contributed by atoms with Crippen LogP contribution in [-0.4, -0.2) is 35.0 Å². The van der Waals surface area contributed by atoms with E-state index in [0.717, 1.165) is 22.2 Å². The first-order valence-electron chi connectivity index (χ1n) is 10.8. The third-order valence-electron chi connectivity index (χ3n) is 6.14. The topological polar surface area (TPSA) is 108 Å². The number of aromatic amines is 1. The molecule has 0 radical (unpaired) electrons. The number of rotatable bonds is 3. The molecule has 164 valence electrons. The Hall–Kier alpha value is -4.27. The van der Waals surface area contributed by atoms with Crippen LogP contribution >= 0.6 is 0 Å². The van der Waals surface area contributed by atoms with Gasteiger partial charge in [-0.3, -0.25) is 13.9 Å². The third kappa shape index (κ3) is 3.12. The van der Waals surface area contributed by atoms with Gasteiger partial charge in [-0.15, -0.1) is 0 Å². The number of H-pyrrole nitrogens is 1. The van der Waals surface area contributed by atoms with Gasteiger partial charge >= 0.3 is 11.7 Å². The minimum atomic E-state index is -0.321. The number of benzene rings is 2. The summed E-state index contributed by atoms with van der Waals surface area (Å²) in [5, 5.41) is 0. The van der Waals surface area contributed by atoms with Crippen LogP contribution in [0.4, 0.5) is 0 Å². The molecule has 9 nitrogen and oxygen atoms in total. The standard InChI is InChI=1S/C24H20N6O3/c1-14(31)33-21-11-10-19(15-6-2-3-7-16(15)21)30-22-18(27-24(30)32)12-25-23(28-22)29-13-26-17-8-4-5-9-20(17)29/h2-9,12-13,19,21H,10-11H2,1H3,(H,27,32)/t19-,21-/m1/s1. The molecule has 0 saturated carbocycles. The van der Waals surface area contributed by atoms with Gasteiger partial charge in [0.25, 0.3) is 0 Å². The van der Waals surface area contributed by atoms with Crippen molar-refractivity contribution in [2.24, 2.45) is 0 Å². The van der Waals surface area contributed by atoms with Gasteiger partial charge in [0.15, 0.2) is 5.65 Å². The predicted molar refractivity (Wildman–Crippen MR) is 121 cm³/mol. The minimum Gasteiger partial charge on any atom is -0.458 e. The normalized spacial score (nSPS) is 17.8. The number of para-hydroxylation sites is 2. The van der Waals surface area contributed by atoms with E-state index in [2.05, 4.69) is 15.0 Å². The fraction of sp³-hybridized carbons (Fsp3) is 0.208. The fourth-order valence-corrected chi connectivity index (χ4v) is 4.75. The maximum atomic E-state index is 13.1. The van der Waals surface area contributed by atoms with E-state index in [4.69, 9.17) is 9.72 Å². The van der Waals surface area contributed by atoms with Crippen LogP contribution in [-0.2, 0) is 9.53 Å². The van der Waals surface area contributed by atoms with Gasteiger partial charge in [0.2, 0.25) is 5.95 Å². The monoisotopic (exact) mass is 440 g/mol. The second kappa shape index (κ2) is 7.40. The second-order valence-corrected chi connectivity index (χ2v) is 8.13. The highest BCUT2D eigenvalue weighted by molar-refractivity contribution is 5.77. The average molecular weight is 440 g/mol. The SMILES string of the molecule is CC(=O)O[C@@H]1CC[C@@H](n2c(=O)[nH]c3cnc(-n4cnc5ccccc54)nc32)c2ccccc21. The Kier molecular flexibility index (Phi) is 4.36. The van der Waals surface area contributed by atoms with E-state index in [1.807, 2.05) is 53.1 Å². The highest BCUT2D eigenvalue weighted by Gasteiger charge is 2.32. The number of hydrogen-bond donors (Lipinski definition) is 1. The molecule has 3 aromatic heterocycles. The first kappa shape index (κ1) is 19.4. The third-order valence-corrected chi connectivity index (χ3v) is 6.14. The molecule has 1 N–H and O–H groups in total. The van der Waals surface area contributed by atoms with Crippen molar-refractivity contribution in [3.63, 3.8) is 0 Å². The second-order valence-electron chi connectivity index (χ2n) is 8.13. The summed E-state index contributed by atoms with van der Waals surface area (Å²) in [6, 6.07) is 15.3. The van der Waals surface area contributed by atoms with Gasteiger partial charge in [-0.25, -0.2) is 14.8 Å². The van der Waals surface area contributed by atoms with Crippen LogP contribution in [0.25, 0.3) is 28.1 Å². The van der Waals surface area contributed by atoms with Crippen LogP contribution < -0.4 is 5.69 Å². The quantitative estimate of drug-likeness (QED) is 0.431. The summed E-state index contributed by atoms with van der Waals surface area (Å²) >= 11 is 0. The van der Waals surface area contributed by atoms with Crippen molar-refractivity contribution in [3.8, 4) is 5.95 Å². The maximum absolute atomic E-state index is 13.1. The van der Waals surface area contributed by atoms with E-state index in [9.17, 15) is 9.59 Å². The molecule has 2 atom stereocenters. The minimum absolute atomic E-state index is 0.239. The molecule has 2 aromatic carbocycles. The summed E-state index contributed by atoms with van der Waals surface area (Å²) in [4.78, 5) is 41.2. The highest BCUT2D eigenvalue weighted by Crippen LogP contribution is 2.40. The van der Waals surface area contributed by atoms with Crippen LogP contribution in [0.15, 0.2) is 65.8 Å². The van der Waals surface area contributed by atoms with Crippen molar-refractivity contribution in [1.82, 2.24) is 29.1 Å². The van der Waals surface area contributed by atoms with E-state index >= 15 is 0 Å². The molecular formula is C24H20N6O3. The summed E-state index contributed by atoms with van der Waals surface area (Å²) < 4.78 is 9.03. The van der Waals surface area contributed by atoms with Crippen molar-refractivity contribution < 1.29 is 9.53 Å². The lowest BCUT2D eigenvalue weighted by atomic mass is 9.85. The van der Waals surface area contributed by atoms with E-state index in [1.165, 1.54) is 6.92 Å². The molecule has 5 aromatic rings. The lowest BCUT2D eigenvalue weighted by Crippen LogP contribution is -2.28. The van der Waals surface area contributed by atoms with Gasteiger partial charge in [0.05, 0.1) is 23.3 Å². The smallest absolute Gasteiger partial charge is 0.328 e. The van der Waals surface area contributed by atoms with Crippen LogP contribution in [0.5, 0.6) is 0 Å². The van der Waals surface area contributed by atoms with Gasteiger partial charge < -0.3 is 9.72 Å². The first-order chi connectivity index (χ1) is 16.1. The number of hydrogen-bond acceptors (Lipinski definition) is 6. The molecule has 0 saturated heterocycles. The first-order valence-corrected chi connectivity index (χ1v) is 10.8. The molecule has 33 heavy (non-hydrogen) atoms. The van der Waals surface area contributed by atoms with Crippen LogP contribution in [0, 0.1) is 0 Å². The van der Waals surface area contributed by atoms with E-state index in [1.54, 1.807) is 17.1 Å². The summed E-state index contributed by atoms with van der Waals surface area (Å²) in [5.41, 5.74) is 4.42. The molecule has 3 heterocycles. The van der Waals surface area contributed by atoms with Crippen LogP contribution in [0.3, 0.4) is 0 Å². The zero-order valence-corrected chi connectivity index (χ0v) is 17.8. The number of fused-ring (bicyclic) bond motifs is 3. The summed E-state index contributed by atoms with van der Waals surface area (Å²) in [6.07, 6.45) is 4.24. The van der Waals surface area contributed by atoms with Crippen molar-refractivity contribution in [2.75, 3.05) is 0 Å². The van der Waals surface area contributed by atoms with Crippen LogP contribution in [0.1, 0.15) is 43.0 Å². The summed E-state index contributed by atoms with van der Waals surface area (Å²) in [7, 11) is 0. The Morgan fingerprint density at radius 1 is 1.06 bits per heavy atom. The number of nitrogens with zero attached hydrogens (tertiary/aromatic N) is 5. The molecule has 6 rings (SSSR count). The largest absolute Gasteiger partial charge is 0.458 e. The van der Waals surface area contributed by atoms with Gasteiger partial charge in [0.1, 0.15) is 17.9 Å². The van der Waals surface area contributed by atoms with Gasteiger partial charge in [-0.2, -0.15) is 4.98 Å². The number of aromatic nitrogens is 6. The van der Waals surface area contributed by atoms with E-state index < -0.39 is 0 Å². The Morgan fingerprint density at radius 2 is 1.85 bits per heavy atom. The zero-order chi connectivity index (χ0) is 22.5. The molecule has 9 heteroatoms. The molecular weight excluding hydrogens is 420 g/mol. The van der Waals surface area contributed by atoms with Crippen LogP contribution in [0.2, 0.25) is 0 Å². The molecule has 0 unspecified atom stereocenters. The fourth-order valence-electron chi connectivity index (χ4n) is 4.75. The maximum Gasteiger partial charge on any atom is 0.328 e. The highest BCUT2D eigenvalue weighted by atomic mass is 16.5. The Morgan fingerprint density at radius 3 is 2.70 bits per heavy atom. The number of carbonyl (C=O) groups is 1. The predicted octanol–water partition coefficient (Wildman–Crippen LogP) is 3.45. The van der Waals surface area contributed by atoms with Gasteiger partial charge in [0, 0.05) is 6.92 Å². The lowest BCUT2D eigenvalue weighted by molar-refractivity contribution is -0.147.